The van der Waals surface area contributed by atoms with E-state index in [-0.39, 0.29) is 12.0 Å². The third-order valence-corrected chi connectivity index (χ3v) is 3.36. The summed E-state index contributed by atoms with van der Waals surface area (Å²) in [4.78, 5) is 23.1. The van der Waals surface area contributed by atoms with Crippen molar-refractivity contribution >= 4 is 17.6 Å². The maximum atomic E-state index is 11.9. The molecule has 1 aromatic carbocycles. The lowest BCUT2D eigenvalue weighted by atomic mass is 10.0. The second kappa shape index (κ2) is 7.64. The molecule has 0 fully saturated rings. The number of hydrogen-bond acceptors (Lipinski definition) is 3. The Hall–Kier alpha value is -2.08. The van der Waals surface area contributed by atoms with Gasteiger partial charge in [-0.25, -0.2) is 4.79 Å². The zero-order valence-electron chi connectivity index (χ0n) is 12.9. The molecule has 0 aliphatic rings. The number of primary amides is 1. The van der Waals surface area contributed by atoms with Crippen LogP contribution in [0.2, 0.25) is 0 Å². The van der Waals surface area contributed by atoms with E-state index in [4.69, 9.17) is 5.73 Å². The molecule has 21 heavy (non-hydrogen) atoms. The van der Waals surface area contributed by atoms with Gasteiger partial charge in [-0.2, -0.15) is 0 Å². The van der Waals surface area contributed by atoms with E-state index in [2.05, 4.69) is 22.9 Å². The zero-order chi connectivity index (χ0) is 16.0. The Bertz CT molecular complexity index is 485. The molecule has 0 bridgehead atoms. The molecule has 0 radical (unpaired) electrons. The first kappa shape index (κ1) is 17.0. The number of anilines is 1. The van der Waals surface area contributed by atoms with Crippen molar-refractivity contribution in [3.63, 3.8) is 0 Å². The van der Waals surface area contributed by atoms with Gasteiger partial charge in [0.25, 0.3) is 0 Å². The molecule has 2 atom stereocenters. The monoisotopic (exact) mass is 292 g/mol. The molecule has 1 aromatic rings. The van der Waals surface area contributed by atoms with Gasteiger partial charge in [0.1, 0.15) is 6.04 Å². The van der Waals surface area contributed by atoms with E-state index in [1.807, 2.05) is 45.2 Å². The number of carbonyl (C=O) groups excluding carboxylic acids is 2. The SMILES string of the molecule is CNC(C)c1ccc(NC(=O)NC(C(N)=O)C(C)C)cc1. The van der Waals surface area contributed by atoms with Crippen LogP contribution in [0, 0.1) is 5.92 Å². The Labute approximate surface area is 125 Å². The molecule has 0 saturated carbocycles. The summed E-state index contributed by atoms with van der Waals surface area (Å²) in [6.45, 7) is 5.70. The molecule has 0 aliphatic carbocycles. The number of hydrogen-bond donors (Lipinski definition) is 4. The van der Waals surface area contributed by atoms with Gasteiger partial charge in [-0.3, -0.25) is 4.79 Å². The summed E-state index contributed by atoms with van der Waals surface area (Å²) in [7, 11) is 1.89. The molecule has 3 amide bonds. The van der Waals surface area contributed by atoms with Crippen molar-refractivity contribution in [2.24, 2.45) is 11.7 Å². The number of nitrogens with two attached hydrogens (primary N) is 1. The van der Waals surface area contributed by atoms with Gasteiger partial charge in [-0.05, 0) is 37.6 Å². The minimum absolute atomic E-state index is 0.0629. The Morgan fingerprint density at radius 3 is 2.10 bits per heavy atom. The number of urea groups is 1. The van der Waals surface area contributed by atoms with Gasteiger partial charge >= 0.3 is 6.03 Å². The van der Waals surface area contributed by atoms with Gasteiger partial charge in [0.2, 0.25) is 5.91 Å². The maximum Gasteiger partial charge on any atom is 0.319 e. The molecule has 0 aromatic heterocycles. The summed E-state index contributed by atoms with van der Waals surface area (Å²) in [5.74, 6) is -0.606. The standard InChI is InChI=1S/C15H24N4O2/c1-9(2)13(14(16)20)19-15(21)18-12-7-5-11(6-8-12)10(3)17-4/h5-10,13,17H,1-4H3,(H2,16,20)(H2,18,19,21). The van der Waals surface area contributed by atoms with Gasteiger partial charge in [-0.15, -0.1) is 0 Å². The van der Waals surface area contributed by atoms with Crippen molar-refractivity contribution in [3.8, 4) is 0 Å². The molecule has 1 rings (SSSR count). The topological polar surface area (TPSA) is 96.2 Å². The Morgan fingerprint density at radius 1 is 1.10 bits per heavy atom. The van der Waals surface area contributed by atoms with Crippen LogP contribution in [0.15, 0.2) is 24.3 Å². The van der Waals surface area contributed by atoms with E-state index in [0.717, 1.165) is 5.56 Å². The lowest BCUT2D eigenvalue weighted by Crippen LogP contribution is -2.49. The van der Waals surface area contributed by atoms with Crippen LogP contribution in [-0.2, 0) is 4.79 Å². The predicted molar refractivity (Wildman–Crippen MR) is 83.9 cm³/mol. The number of nitrogens with one attached hydrogen (secondary N) is 3. The smallest absolute Gasteiger partial charge is 0.319 e. The lowest BCUT2D eigenvalue weighted by Gasteiger charge is -2.19. The van der Waals surface area contributed by atoms with E-state index in [0.29, 0.717) is 5.69 Å². The van der Waals surface area contributed by atoms with Crippen LogP contribution in [0.4, 0.5) is 10.5 Å². The van der Waals surface area contributed by atoms with E-state index < -0.39 is 18.0 Å². The lowest BCUT2D eigenvalue weighted by molar-refractivity contribution is -0.120. The highest BCUT2D eigenvalue weighted by atomic mass is 16.2. The fourth-order valence-electron chi connectivity index (χ4n) is 1.90. The predicted octanol–water partition coefficient (Wildman–Crippen LogP) is 1.60. The van der Waals surface area contributed by atoms with Crippen molar-refractivity contribution in [1.82, 2.24) is 10.6 Å². The highest BCUT2D eigenvalue weighted by Crippen LogP contribution is 2.15. The Morgan fingerprint density at radius 2 is 1.67 bits per heavy atom. The Kier molecular flexibility index (Phi) is 6.17. The quantitative estimate of drug-likeness (QED) is 0.641. The van der Waals surface area contributed by atoms with Crippen LogP contribution < -0.4 is 21.7 Å². The van der Waals surface area contributed by atoms with E-state index in [9.17, 15) is 9.59 Å². The van der Waals surface area contributed by atoms with Crippen LogP contribution in [0.5, 0.6) is 0 Å². The van der Waals surface area contributed by atoms with Crippen LogP contribution in [-0.4, -0.2) is 25.0 Å². The summed E-state index contributed by atoms with van der Waals surface area (Å²) in [6.07, 6.45) is 0. The third-order valence-electron chi connectivity index (χ3n) is 3.36. The summed E-state index contributed by atoms with van der Waals surface area (Å²) < 4.78 is 0. The van der Waals surface area contributed by atoms with Crippen LogP contribution in [0.3, 0.4) is 0 Å². The summed E-state index contributed by atoms with van der Waals surface area (Å²) in [5.41, 5.74) is 7.04. The molecule has 6 nitrogen and oxygen atoms in total. The molecule has 0 saturated heterocycles. The fourth-order valence-corrected chi connectivity index (χ4v) is 1.90. The van der Waals surface area contributed by atoms with Gasteiger partial charge in [-0.1, -0.05) is 26.0 Å². The van der Waals surface area contributed by atoms with Gasteiger partial charge in [0.05, 0.1) is 0 Å². The average Bonchev–Trinajstić information content (AvgIpc) is 2.44. The van der Waals surface area contributed by atoms with Crippen LogP contribution >= 0.6 is 0 Å². The van der Waals surface area contributed by atoms with Crippen LogP contribution in [0.25, 0.3) is 0 Å². The first-order valence-electron chi connectivity index (χ1n) is 6.99. The van der Waals surface area contributed by atoms with Gasteiger partial charge in [0.15, 0.2) is 0 Å². The molecule has 116 valence electrons. The summed E-state index contributed by atoms with van der Waals surface area (Å²) in [6, 6.07) is 6.62. The highest BCUT2D eigenvalue weighted by molar-refractivity contribution is 5.93. The van der Waals surface area contributed by atoms with Gasteiger partial charge < -0.3 is 21.7 Å². The minimum Gasteiger partial charge on any atom is -0.368 e. The average molecular weight is 292 g/mol. The molecule has 0 heterocycles. The molecule has 5 N–H and O–H groups in total. The Balaban J connectivity index is 2.64. The first-order chi connectivity index (χ1) is 9.85. The fraction of sp³-hybridized carbons (Fsp3) is 0.467. The van der Waals surface area contributed by atoms with E-state index in [1.54, 1.807) is 0 Å². The minimum atomic E-state index is -0.686. The van der Waals surface area contributed by atoms with Crippen molar-refractivity contribution in [2.45, 2.75) is 32.9 Å². The maximum absolute atomic E-state index is 11.9. The highest BCUT2D eigenvalue weighted by Gasteiger charge is 2.21. The summed E-state index contributed by atoms with van der Waals surface area (Å²) in [5, 5.41) is 8.41. The molecular weight excluding hydrogens is 268 g/mol. The third kappa shape index (κ3) is 5.07. The van der Waals surface area contributed by atoms with Gasteiger partial charge in [0, 0.05) is 11.7 Å². The molecule has 0 spiro atoms. The first-order valence-corrected chi connectivity index (χ1v) is 6.99. The zero-order valence-corrected chi connectivity index (χ0v) is 12.9. The van der Waals surface area contributed by atoms with Crippen molar-refractivity contribution in [1.29, 1.82) is 0 Å². The summed E-state index contributed by atoms with van der Waals surface area (Å²) >= 11 is 0. The number of benzene rings is 1. The van der Waals surface area contributed by atoms with Crippen LogP contribution in [0.1, 0.15) is 32.4 Å². The van der Waals surface area contributed by atoms with E-state index >= 15 is 0 Å². The van der Waals surface area contributed by atoms with Crippen molar-refractivity contribution in [2.75, 3.05) is 12.4 Å². The second-order valence-electron chi connectivity index (χ2n) is 5.35. The number of amides is 3. The largest absolute Gasteiger partial charge is 0.368 e. The van der Waals surface area contributed by atoms with Crippen molar-refractivity contribution in [3.05, 3.63) is 29.8 Å². The normalized spacial score (nSPS) is 13.6. The molecule has 0 aliphatic heterocycles. The van der Waals surface area contributed by atoms with Crippen molar-refractivity contribution < 1.29 is 9.59 Å². The molecule has 2 unspecified atom stereocenters. The second-order valence-corrected chi connectivity index (χ2v) is 5.35. The number of rotatable bonds is 6. The number of carbonyl (C=O) groups is 2. The molecular formula is C15H24N4O2. The van der Waals surface area contributed by atoms with E-state index in [1.165, 1.54) is 0 Å². The molecule has 6 heteroatoms.